The molecule has 2 N–H and O–H groups in total. The van der Waals surface area contributed by atoms with E-state index in [9.17, 15) is 0 Å². The molecule has 2 aromatic carbocycles. The Hall–Kier alpha value is -2.47. The van der Waals surface area contributed by atoms with Crippen molar-refractivity contribution in [3.05, 3.63) is 59.7 Å². The van der Waals surface area contributed by atoms with E-state index in [1.54, 1.807) is 13.3 Å². The fraction of sp³-hybridized carbons (Fsp3) is 0.333. The van der Waals surface area contributed by atoms with Gasteiger partial charge in [0.1, 0.15) is 0 Å². The lowest BCUT2D eigenvalue weighted by molar-refractivity contribution is 0.273. The van der Waals surface area contributed by atoms with E-state index in [1.165, 1.54) is 17.3 Å². The molecule has 0 fully saturated rings. The maximum atomic E-state index is 5.90. The van der Waals surface area contributed by atoms with E-state index < -0.39 is 0 Å². The molecule has 0 spiro atoms. The lowest BCUT2D eigenvalue weighted by Gasteiger charge is -2.12. The third kappa shape index (κ3) is 7.74. The summed E-state index contributed by atoms with van der Waals surface area (Å²) >= 11 is 1.46. The summed E-state index contributed by atoms with van der Waals surface area (Å²) in [7, 11) is 1.63. The molecule has 5 nitrogen and oxygen atoms in total. The van der Waals surface area contributed by atoms with Crippen molar-refractivity contribution in [3.8, 4) is 11.5 Å². The van der Waals surface area contributed by atoms with Crippen LogP contribution in [0.25, 0.3) is 0 Å². The summed E-state index contributed by atoms with van der Waals surface area (Å²) in [6, 6.07) is 15.8. The van der Waals surface area contributed by atoms with Gasteiger partial charge in [-0.2, -0.15) is 5.10 Å². The van der Waals surface area contributed by atoms with E-state index >= 15 is 0 Å². The van der Waals surface area contributed by atoms with Crippen LogP contribution in [-0.2, 0) is 5.75 Å². The molecule has 0 heterocycles. The van der Waals surface area contributed by atoms with Crippen molar-refractivity contribution < 1.29 is 9.47 Å². The fourth-order valence-corrected chi connectivity index (χ4v) is 2.81. The highest BCUT2D eigenvalue weighted by Gasteiger charge is 2.05. The van der Waals surface area contributed by atoms with Crippen LogP contribution in [0.3, 0.4) is 0 Å². The van der Waals surface area contributed by atoms with Crippen LogP contribution in [0.5, 0.6) is 11.5 Å². The molecule has 0 amide bonds. The van der Waals surface area contributed by atoms with E-state index in [0.717, 1.165) is 23.5 Å². The molecule has 0 bridgehead atoms. The first-order chi connectivity index (χ1) is 13.1. The van der Waals surface area contributed by atoms with E-state index in [1.807, 2.05) is 36.4 Å². The van der Waals surface area contributed by atoms with Crippen LogP contribution < -0.4 is 15.2 Å². The third-order valence-electron chi connectivity index (χ3n) is 3.73. The molecule has 2 aromatic rings. The van der Waals surface area contributed by atoms with Gasteiger partial charge < -0.3 is 15.2 Å². The molecule has 0 aliphatic rings. The zero-order valence-corrected chi connectivity index (χ0v) is 16.9. The summed E-state index contributed by atoms with van der Waals surface area (Å²) in [6.07, 6.45) is 2.65. The number of nitrogens with zero attached hydrogens (tertiary/aromatic N) is 2. The summed E-state index contributed by atoms with van der Waals surface area (Å²) in [4.78, 5) is 0. The molecule has 0 aliphatic heterocycles. The second kappa shape index (κ2) is 11.3. The molecule has 27 heavy (non-hydrogen) atoms. The largest absolute Gasteiger partial charge is 0.493 e. The van der Waals surface area contributed by atoms with Gasteiger partial charge in [0.15, 0.2) is 16.7 Å². The summed E-state index contributed by atoms with van der Waals surface area (Å²) in [5, 5.41) is 8.53. The molecular weight excluding hydrogens is 358 g/mol. The Morgan fingerprint density at radius 2 is 1.93 bits per heavy atom. The zero-order chi connectivity index (χ0) is 19.5. The Kier molecular flexibility index (Phi) is 8.71. The first-order valence-corrected chi connectivity index (χ1v) is 9.91. The van der Waals surface area contributed by atoms with Gasteiger partial charge >= 0.3 is 0 Å². The Balaban J connectivity index is 1.91. The normalized spacial score (nSPS) is 11.9. The SMILES string of the molecule is COc1cc(C=NN=C(N)SCc2ccccc2)ccc1OCCC(C)C. The van der Waals surface area contributed by atoms with E-state index in [0.29, 0.717) is 23.4 Å². The molecule has 0 saturated carbocycles. The van der Waals surface area contributed by atoms with Crippen molar-refractivity contribution >= 4 is 23.1 Å². The van der Waals surface area contributed by atoms with Crippen LogP contribution in [0.4, 0.5) is 0 Å². The number of rotatable bonds is 9. The van der Waals surface area contributed by atoms with Crippen molar-refractivity contribution in [3.63, 3.8) is 0 Å². The minimum Gasteiger partial charge on any atom is -0.493 e. The number of hydrogen-bond acceptors (Lipinski definition) is 5. The number of hydrogen-bond donors (Lipinski definition) is 1. The standard InChI is InChI=1S/C21H27N3O2S/c1-16(2)11-12-26-19-10-9-18(13-20(19)25-3)14-23-24-21(22)27-15-17-7-5-4-6-8-17/h4-10,13-14,16H,11-12,15H2,1-3H3,(H2,22,24). The predicted molar refractivity (Wildman–Crippen MR) is 115 cm³/mol. The fourth-order valence-electron chi connectivity index (χ4n) is 2.20. The molecular formula is C21H27N3O2S. The van der Waals surface area contributed by atoms with Crippen LogP contribution in [0.1, 0.15) is 31.4 Å². The average Bonchev–Trinajstić information content (AvgIpc) is 2.67. The van der Waals surface area contributed by atoms with Crippen molar-refractivity contribution in [2.24, 2.45) is 21.9 Å². The number of nitrogens with two attached hydrogens (primary N) is 1. The highest BCUT2D eigenvalue weighted by molar-refractivity contribution is 8.13. The lowest BCUT2D eigenvalue weighted by atomic mass is 10.1. The number of methoxy groups -OCH3 is 1. The van der Waals surface area contributed by atoms with Crippen molar-refractivity contribution in [2.75, 3.05) is 13.7 Å². The van der Waals surface area contributed by atoms with Gasteiger partial charge in [-0.05, 0) is 41.7 Å². The molecule has 6 heteroatoms. The number of amidine groups is 1. The van der Waals surface area contributed by atoms with Gasteiger partial charge in [-0.1, -0.05) is 55.9 Å². The molecule has 0 aliphatic carbocycles. The van der Waals surface area contributed by atoms with Gasteiger partial charge in [0, 0.05) is 5.75 Å². The first-order valence-electron chi connectivity index (χ1n) is 8.92. The van der Waals surface area contributed by atoms with Gasteiger partial charge in [0.2, 0.25) is 0 Å². The molecule has 0 unspecified atom stereocenters. The van der Waals surface area contributed by atoms with Crippen molar-refractivity contribution in [1.82, 2.24) is 0 Å². The molecule has 0 atom stereocenters. The molecule has 0 aromatic heterocycles. The predicted octanol–water partition coefficient (Wildman–Crippen LogP) is 4.70. The van der Waals surface area contributed by atoms with Gasteiger partial charge in [0.05, 0.1) is 19.9 Å². The maximum absolute atomic E-state index is 5.90. The van der Waals surface area contributed by atoms with E-state index in [2.05, 4.69) is 36.2 Å². The van der Waals surface area contributed by atoms with Gasteiger partial charge in [-0.3, -0.25) is 0 Å². The zero-order valence-electron chi connectivity index (χ0n) is 16.1. The van der Waals surface area contributed by atoms with Crippen LogP contribution >= 0.6 is 11.8 Å². The minimum atomic E-state index is 0.427. The molecule has 144 valence electrons. The Labute approximate surface area is 165 Å². The molecule has 0 saturated heterocycles. The minimum absolute atomic E-state index is 0.427. The second-order valence-electron chi connectivity index (χ2n) is 6.40. The summed E-state index contributed by atoms with van der Waals surface area (Å²) in [6.45, 7) is 5.01. The van der Waals surface area contributed by atoms with Gasteiger partial charge in [-0.15, -0.1) is 5.10 Å². The molecule has 0 radical (unpaired) electrons. The van der Waals surface area contributed by atoms with Crippen molar-refractivity contribution in [1.29, 1.82) is 0 Å². The third-order valence-corrected chi connectivity index (χ3v) is 4.59. The van der Waals surface area contributed by atoms with Crippen LogP contribution in [0.2, 0.25) is 0 Å². The van der Waals surface area contributed by atoms with Crippen LogP contribution in [-0.4, -0.2) is 25.1 Å². The van der Waals surface area contributed by atoms with E-state index in [-0.39, 0.29) is 0 Å². The number of thioether (sulfide) groups is 1. The first kappa shape index (κ1) is 20.8. The summed E-state index contributed by atoms with van der Waals surface area (Å²) < 4.78 is 11.2. The Morgan fingerprint density at radius 1 is 1.15 bits per heavy atom. The van der Waals surface area contributed by atoms with Crippen molar-refractivity contribution in [2.45, 2.75) is 26.0 Å². The topological polar surface area (TPSA) is 69.2 Å². The molecule has 2 rings (SSSR count). The highest BCUT2D eigenvalue weighted by atomic mass is 32.2. The summed E-state index contributed by atoms with van der Waals surface area (Å²) in [5.74, 6) is 2.78. The monoisotopic (exact) mass is 385 g/mol. The van der Waals surface area contributed by atoms with Crippen LogP contribution in [0, 0.1) is 5.92 Å². The summed E-state index contributed by atoms with van der Waals surface area (Å²) in [5.41, 5.74) is 7.96. The van der Waals surface area contributed by atoms with E-state index in [4.69, 9.17) is 15.2 Å². The maximum Gasteiger partial charge on any atom is 0.180 e. The highest BCUT2D eigenvalue weighted by Crippen LogP contribution is 2.28. The average molecular weight is 386 g/mol. The van der Waals surface area contributed by atoms with Gasteiger partial charge in [-0.25, -0.2) is 0 Å². The number of benzene rings is 2. The smallest absolute Gasteiger partial charge is 0.180 e. The van der Waals surface area contributed by atoms with Gasteiger partial charge in [0.25, 0.3) is 0 Å². The lowest BCUT2D eigenvalue weighted by Crippen LogP contribution is -2.06. The second-order valence-corrected chi connectivity index (χ2v) is 7.39. The Morgan fingerprint density at radius 3 is 2.63 bits per heavy atom. The number of ether oxygens (including phenoxy) is 2. The van der Waals surface area contributed by atoms with Crippen LogP contribution in [0.15, 0.2) is 58.7 Å². The quantitative estimate of drug-likeness (QED) is 0.386. The Bertz CT molecular complexity index is 761.